The Morgan fingerprint density at radius 1 is 1.16 bits per heavy atom. The number of hydrogen-bond acceptors (Lipinski definition) is 3. The highest BCUT2D eigenvalue weighted by molar-refractivity contribution is 5.83. The summed E-state index contributed by atoms with van der Waals surface area (Å²) in [6.07, 6.45) is 2.16. The van der Waals surface area contributed by atoms with Gasteiger partial charge in [0.1, 0.15) is 5.78 Å². The van der Waals surface area contributed by atoms with Crippen molar-refractivity contribution >= 4 is 17.6 Å². The van der Waals surface area contributed by atoms with Gasteiger partial charge in [0.25, 0.3) is 0 Å². The molecule has 2 amide bonds. The van der Waals surface area contributed by atoms with E-state index in [2.05, 4.69) is 5.32 Å². The first-order valence-corrected chi connectivity index (χ1v) is 6.97. The summed E-state index contributed by atoms with van der Waals surface area (Å²) >= 11 is 0. The first-order chi connectivity index (χ1) is 8.90. The average molecular weight is 268 g/mol. The lowest BCUT2D eigenvalue weighted by atomic mass is 10.0. The Hall–Kier alpha value is -1.39. The molecule has 1 aliphatic rings. The van der Waals surface area contributed by atoms with Crippen LogP contribution in [0.5, 0.6) is 0 Å². The number of nitrogens with one attached hydrogen (secondary N) is 1. The monoisotopic (exact) mass is 268 g/mol. The van der Waals surface area contributed by atoms with Gasteiger partial charge < -0.3 is 15.0 Å². The fraction of sp³-hybridized carbons (Fsp3) is 0.786. The van der Waals surface area contributed by atoms with Gasteiger partial charge in [0, 0.05) is 37.9 Å². The Labute approximate surface area is 114 Å². The van der Waals surface area contributed by atoms with Crippen LogP contribution in [-0.4, -0.2) is 41.6 Å². The summed E-state index contributed by atoms with van der Waals surface area (Å²) < 4.78 is 0. The van der Waals surface area contributed by atoms with E-state index in [1.54, 1.807) is 0 Å². The standard InChI is InChI=1S/C14H24N2O3/c1-10(2)14(19)16-8-6-12(7-9-16)15-13(18)5-4-11(3)17/h10,12H,4-9H2,1-3H3,(H,15,18). The van der Waals surface area contributed by atoms with Gasteiger partial charge in [-0.2, -0.15) is 0 Å². The van der Waals surface area contributed by atoms with Crippen LogP contribution in [0.1, 0.15) is 46.5 Å². The molecule has 5 nitrogen and oxygen atoms in total. The number of amides is 2. The van der Waals surface area contributed by atoms with Crippen LogP contribution in [0.2, 0.25) is 0 Å². The zero-order valence-corrected chi connectivity index (χ0v) is 12.1. The van der Waals surface area contributed by atoms with Crippen LogP contribution >= 0.6 is 0 Å². The minimum Gasteiger partial charge on any atom is -0.353 e. The molecule has 0 radical (unpaired) electrons. The predicted octanol–water partition coefficient (Wildman–Crippen LogP) is 1.12. The number of carbonyl (C=O) groups is 3. The second-order valence-corrected chi connectivity index (χ2v) is 5.52. The molecule has 108 valence electrons. The predicted molar refractivity (Wildman–Crippen MR) is 72.5 cm³/mol. The van der Waals surface area contributed by atoms with Crippen molar-refractivity contribution in [2.75, 3.05) is 13.1 Å². The normalized spacial score (nSPS) is 16.5. The SMILES string of the molecule is CC(=O)CCC(=O)NC1CCN(C(=O)C(C)C)CC1. The minimum atomic E-state index is -0.0659. The van der Waals surface area contributed by atoms with Gasteiger partial charge in [-0.25, -0.2) is 0 Å². The second-order valence-electron chi connectivity index (χ2n) is 5.52. The van der Waals surface area contributed by atoms with Crippen molar-refractivity contribution in [2.45, 2.75) is 52.5 Å². The van der Waals surface area contributed by atoms with E-state index in [0.29, 0.717) is 19.5 Å². The van der Waals surface area contributed by atoms with Gasteiger partial charge in [0.05, 0.1) is 0 Å². The highest BCUT2D eigenvalue weighted by atomic mass is 16.2. The lowest BCUT2D eigenvalue weighted by molar-refractivity contribution is -0.135. The first kappa shape index (κ1) is 15.7. The average Bonchev–Trinajstić information content (AvgIpc) is 2.36. The summed E-state index contributed by atoms with van der Waals surface area (Å²) in [7, 11) is 0. The maximum atomic E-state index is 11.8. The van der Waals surface area contributed by atoms with Gasteiger partial charge >= 0.3 is 0 Å². The Balaban J connectivity index is 2.28. The molecule has 19 heavy (non-hydrogen) atoms. The number of piperidine rings is 1. The van der Waals surface area contributed by atoms with E-state index in [9.17, 15) is 14.4 Å². The van der Waals surface area contributed by atoms with Crippen LogP contribution in [0.3, 0.4) is 0 Å². The topological polar surface area (TPSA) is 66.5 Å². The number of likely N-dealkylation sites (tertiary alicyclic amines) is 1. The van der Waals surface area contributed by atoms with E-state index in [1.165, 1.54) is 6.92 Å². The molecule has 0 aromatic carbocycles. The summed E-state index contributed by atoms with van der Waals surface area (Å²) in [5, 5.41) is 2.93. The summed E-state index contributed by atoms with van der Waals surface area (Å²) in [6, 6.07) is 0.135. The van der Waals surface area contributed by atoms with Crippen molar-refractivity contribution < 1.29 is 14.4 Å². The molecule has 1 N–H and O–H groups in total. The fourth-order valence-corrected chi connectivity index (χ4v) is 2.20. The Morgan fingerprint density at radius 3 is 2.21 bits per heavy atom. The number of hydrogen-bond donors (Lipinski definition) is 1. The molecule has 0 aromatic rings. The van der Waals surface area contributed by atoms with Gasteiger partial charge in [-0.3, -0.25) is 9.59 Å². The van der Waals surface area contributed by atoms with E-state index >= 15 is 0 Å². The van der Waals surface area contributed by atoms with E-state index in [4.69, 9.17) is 0 Å². The third-order valence-electron chi connectivity index (χ3n) is 3.37. The van der Waals surface area contributed by atoms with Gasteiger partial charge in [-0.05, 0) is 19.8 Å². The molecular weight excluding hydrogens is 244 g/mol. The molecular formula is C14H24N2O3. The number of nitrogens with zero attached hydrogens (tertiary/aromatic N) is 1. The molecule has 5 heteroatoms. The molecule has 0 saturated carbocycles. The summed E-state index contributed by atoms with van der Waals surface area (Å²) in [4.78, 5) is 36.1. The van der Waals surface area contributed by atoms with Crippen molar-refractivity contribution in [2.24, 2.45) is 5.92 Å². The van der Waals surface area contributed by atoms with E-state index in [-0.39, 0.29) is 36.0 Å². The molecule has 0 aromatic heterocycles. The zero-order valence-electron chi connectivity index (χ0n) is 12.1. The smallest absolute Gasteiger partial charge is 0.225 e. The summed E-state index contributed by atoms with van der Waals surface area (Å²) in [5.74, 6) is 0.180. The number of Topliss-reactive ketones (excluding diaryl/α,β-unsaturated/α-hetero) is 1. The van der Waals surface area contributed by atoms with E-state index < -0.39 is 0 Å². The van der Waals surface area contributed by atoms with E-state index in [1.807, 2.05) is 18.7 Å². The Kier molecular flexibility index (Phi) is 5.99. The largest absolute Gasteiger partial charge is 0.353 e. The number of ketones is 1. The van der Waals surface area contributed by atoms with Crippen LogP contribution in [-0.2, 0) is 14.4 Å². The lowest BCUT2D eigenvalue weighted by Gasteiger charge is -2.33. The molecule has 1 rings (SSSR count). The molecule has 0 bridgehead atoms. The first-order valence-electron chi connectivity index (χ1n) is 6.97. The van der Waals surface area contributed by atoms with Crippen molar-refractivity contribution in [1.29, 1.82) is 0 Å². The molecule has 1 heterocycles. The Morgan fingerprint density at radius 2 is 1.74 bits per heavy atom. The zero-order chi connectivity index (χ0) is 14.4. The van der Waals surface area contributed by atoms with Crippen LogP contribution in [0, 0.1) is 5.92 Å². The van der Waals surface area contributed by atoms with E-state index in [0.717, 1.165) is 12.8 Å². The van der Waals surface area contributed by atoms with Gasteiger partial charge in [0.15, 0.2) is 0 Å². The number of carbonyl (C=O) groups excluding carboxylic acids is 3. The van der Waals surface area contributed by atoms with Crippen molar-refractivity contribution in [3.8, 4) is 0 Å². The summed E-state index contributed by atoms with van der Waals surface area (Å²) in [6.45, 7) is 6.70. The van der Waals surface area contributed by atoms with Crippen molar-refractivity contribution in [3.63, 3.8) is 0 Å². The maximum absolute atomic E-state index is 11.8. The molecule has 0 unspecified atom stereocenters. The second kappa shape index (κ2) is 7.26. The summed E-state index contributed by atoms with van der Waals surface area (Å²) in [5.41, 5.74) is 0. The van der Waals surface area contributed by atoms with Crippen LogP contribution in [0.4, 0.5) is 0 Å². The maximum Gasteiger partial charge on any atom is 0.225 e. The fourth-order valence-electron chi connectivity index (χ4n) is 2.20. The quantitative estimate of drug-likeness (QED) is 0.812. The van der Waals surface area contributed by atoms with Gasteiger partial charge in [-0.15, -0.1) is 0 Å². The van der Waals surface area contributed by atoms with Gasteiger partial charge in [-0.1, -0.05) is 13.8 Å². The lowest BCUT2D eigenvalue weighted by Crippen LogP contribution is -2.47. The Bertz CT molecular complexity index is 345. The van der Waals surface area contributed by atoms with Crippen molar-refractivity contribution in [1.82, 2.24) is 10.2 Å². The third-order valence-corrected chi connectivity index (χ3v) is 3.37. The van der Waals surface area contributed by atoms with Crippen LogP contribution < -0.4 is 5.32 Å². The third kappa shape index (κ3) is 5.41. The number of rotatable bonds is 5. The molecule has 1 fully saturated rings. The highest BCUT2D eigenvalue weighted by Gasteiger charge is 2.24. The van der Waals surface area contributed by atoms with Crippen molar-refractivity contribution in [3.05, 3.63) is 0 Å². The van der Waals surface area contributed by atoms with Crippen LogP contribution in [0.25, 0.3) is 0 Å². The highest BCUT2D eigenvalue weighted by Crippen LogP contribution is 2.13. The van der Waals surface area contributed by atoms with Gasteiger partial charge in [0.2, 0.25) is 11.8 Å². The minimum absolute atomic E-state index is 0.0294. The molecule has 0 spiro atoms. The molecule has 0 atom stereocenters. The molecule has 1 aliphatic heterocycles. The van der Waals surface area contributed by atoms with Crippen LogP contribution in [0.15, 0.2) is 0 Å². The molecule has 0 aliphatic carbocycles. The molecule has 1 saturated heterocycles.